The molecule has 0 amide bonds. The van der Waals surface area contributed by atoms with Gasteiger partial charge in [0.15, 0.2) is 5.82 Å². The van der Waals surface area contributed by atoms with Crippen LogP contribution in [0.15, 0.2) is 42.9 Å². The van der Waals surface area contributed by atoms with Gasteiger partial charge in [0.25, 0.3) is 0 Å². The Labute approximate surface area is 147 Å². The maximum atomic E-state index is 5.69. The molecule has 0 unspecified atom stereocenters. The molecule has 2 radical (unpaired) electrons. The molecule has 0 saturated heterocycles. The van der Waals surface area contributed by atoms with Gasteiger partial charge < -0.3 is 9.47 Å². The molecule has 0 atom stereocenters. The van der Waals surface area contributed by atoms with E-state index in [2.05, 4.69) is 15.1 Å². The minimum absolute atomic E-state index is 0.253. The van der Waals surface area contributed by atoms with Crippen molar-refractivity contribution >= 4 is 0 Å². The highest BCUT2D eigenvalue weighted by Crippen LogP contribution is 2.31. The van der Waals surface area contributed by atoms with Crippen molar-refractivity contribution in [3.8, 4) is 22.8 Å². The normalized spacial score (nSPS) is 10.7. The van der Waals surface area contributed by atoms with Crippen molar-refractivity contribution in [2.24, 2.45) is 0 Å². The van der Waals surface area contributed by atoms with Gasteiger partial charge in [-0.15, -0.1) is 0 Å². The maximum absolute atomic E-state index is 5.69. The van der Waals surface area contributed by atoms with E-state index in [4.69, 9.17) is 16.4 Å². The third-order valence-electron chi connectivity index (χ3n) is 3.54. The van der Waals surface area contributed by atoms with E-state index in [1.807, 2.05) is 44.2 Å². The van der Waals surface area contributed by atoms with Crippen LogP contribution in [0, 0.1) is 6.92 Å². The highest BCUT2D eigenvalue weighted by Gasteiger charge is 2.11. The molecule has 6 nitrogen and oxygen atoms in total. The predicted octanol–water partition coefficient (Wildman–Crippen LogP) is 3.24. The van der Waals surface area contributed by atoms with Gasteiger partial charge in [-0.25, -0.2) is 14.6 Å². The first-order valence-corrected chi connectivity index (χ1v) is 8.19. The van der Waals surface area contributed by atoms with Crippen LogP contribution in [0.5, 0.6) is 11.6 Å². The lowest BCUT2D eigenvalue weighted by molar-refractivity contribution is 0.328. The van der Waals surface area contributed by atoms with Crippen LogP contribution >= 0.6 is 0 Å². The summed E-state index contributed by atoms with van der Waals surface area (Å²) in [6.45, 7) is 11.2. The van der Waals surface area contributed by atoms with Crippen LogP contribution in [0.2, 0.25) is 0 Å². The lowest BCUT2D eigenvalue weighted by Crippen LogP contribution is -2.03. The van der Waals surface area contributed by atoms with Gasteiger partial charge in [-0.2, -0.15) is 5.10 Å². The highest BCUT2D eigenvalue weighted by atomic mass is 16.5. The summed E-state index contributed by atoms with van der Waals surface area (Å²) in [5, 5.41) is 4.11. The largest absolute Gasteiger partial charge is 0.494 e. The molecule has 2 aromatic heterocycles. The molecule has 6 heteroatoms. The first-order valence-electron chi connectivity index (χ1n) is 8.19. The van der Waals surface area contributed by atoms with Crippen LogP contribution in [0.3, 0.4) is 0 Å². The molecule has 3 aromatic rings. The first-order chi connectivity index (χ1) is 12.2. The van der Waals surface area contributed by atoms with E-state index in [9.17, 15) is 0 Å². The topological polar surface area (TPSA) is 62.1 Å². The molecule has 0 spiro atoms. The van der Waals surface area contributed by atoms with E-state index in [0.29, 0.717) is 25.6 Å². The molecule has 0 N–H and O–H groups in total. The standard InChI is InChI=1S/C19H20N4O2/c1-4-24-17-8-6-7-16(10-17)18-9-15(11-20-19(18)25-5-2)12-23-13-21-14(3)22-23/h3,6-11,13H,4-5,12H2,1-2H3. The summed E-state index contributed by atoms with van der Waals surface area (Å²) in [7, 11) is 0. The molecule has 0 aliphatic rings. The number of benzene rings is 1. The number of pyridine rings is 1. The van der Waals surface area contributed by atoms with Crippen molar-refractivity contribution in [3.63, 3.8) is 0 Å². The van der Waals surface area contributed by atoms with Gasteiger partial charge in [0.2, 0.25) is 5.88 Å². The number of rotatable bonds is 7. The van der Waals surface area contributed by atoms with Gasteiger partial charge in [0, 0.05) is 18.7 Å². The van der Waals surface area contributed by atoms with E-state index in [1.165, 1.54) is 0 Å². The number of nitrogens with zero attached hydrogens (tertiary/aromatic N) is 4. The van der Waals surface area contributed by atoms with Crippen molar-refractivity contribution in [2.75, 3.05) is 13.2 Å². The van der Waals surface area contributed by atoms with Crippen LogP contribution in [-0.4, -0.2) is 33.0 Å². The number of ether oxygens (including phenoxy) is 2. The Morgan fingerprint density at radius 2 is 1.92 bits per heavy atom. The Hall–Kier alpha value is -2.89. The van der Waals surface area contributed by atoms with Crippen molar-refractivity contribution < 1.29 is 9.47 Å². The number of aromatic nitrogens is 4. The average Bonchev–Trinajstić information content (AvgIpc) is 3.02. The SMILES string of the molecule is [CH]c1ncn(Cc2cnc(OCC)c(-c3cccc(OCC)c3)c2)n1. The molecule has 0 bridgehead atoms. The molecule has 0 aliphatic carbocycles. The van der Waals surface area contributed by atoms with E-state index >= 15 is 0 Å². The summed E-state index contributed by atoms with van der Waals surface area (Å²) < 4.78 is 13.0. The monoisotopic (exact) mass is 336 g/mol. The van der Waals surface area contributed by atoms with E-state index < -0.39 is 0 Å². The second kappa shape index (κ2) is 7.79. The lowest BCUT2D eigenvalue weighted by atomic mass is 10.0. The Kier molecular flexibility index (Phi) is 5.28. The minimum Gasteiger partial charge on any atom is -0.494 e. The third kappa shape index (κ3) is 4.15. The fourth-order valence-corrected chi connectivity index (χ4v) is 2.53. The molecule has 2 heterocycles. The van der Waals surface area contributed by atoms with Crippen LogP contribution in [0.4, 0.5) is 0 Å². The highest BCUT2D eigenvalue weighted by molar-refractivity contribution is 5.70. The zero-order valence-corrected chi connectivity index (χ0v) is 14.3. The molecular weight excluding hydrogens is 316 g/mol. The molecule has 0 saturated carbocycles. The average molecular weight is 336 g/mol. The molecule has 1 aromatic carbocycles. The molecule has 0 aliphatic heterocycles. The smallest absolute Gasteiger partial charge is 0.221 e. The third-order valence-corrected chi connectivity index (χ3v) is 3.54. The molecular formula is C19H20N4O2. The molecule has 3 rings (SSSR count). The maximum Gasteiger partial charge on any atom is 0.221 e. The zero-order chi connectivity index (χ0) is 17.6. The summed E-state index contributed by atoms with van der Waals surface area (Å²) in [4.78, 5) is 8.41. The Morgan fingerprint density at radius 1 is 1.08 bits per heavy atom. The van der Waals surface area contributed by atoms with E-state index in [0.717, 1.165) is 22.4 Å². The first kappa shape index (κ1) is 17.0. The minimum atomic E-state index is 0.253. The summed E-state index contributed by atoms with van der Waals surface area (Å²) in [5.41, 5.74) is 2.88. The van der Waals surface area contributed by atoms with Crippen LogP contribution in [0.25, 0.3) is 11.1 Å². The molecule has 25 heavy (non-hydrogen) atoms. The van der Waals surface area contributed by atoms with Gasteiger partial charge >= 0.3 is 0 Å². The zero-order valence-electron chi connectivity index (χ0n) is 14.3. The van der Waals surface area contributed by atoms with Gasteiger partial charge in [0.1, 0.15) is 12.1 Å². The van der Waals surface area contributed by atoms with Gasteiger partial charge in [-0.1, -0.05) is 12.1 Å². The van der Waals surface area contributed by atoms with Crippen molar-refractivity contribution in [3.05, 3.63) is 61.2 Å². The van der Waals surface area contributed by atoms with Crippen molar-refractivity contribution in [2.45, 2.75) is 20.4 Å². The summed E-state index contributed by atoms with van der Waals surface area (Å²) in [6, 6.07) is 9.93. The number of hydrogen-bond donors (Lipinski definition) is 0. The summed E-state index contributed by atoms with van der Waals surface area (Å²) in [5.74, 6) is 1.67. The van der Waals surface area contributed by atoms with Gasteiger partial charge in [-0.3, -0.25) is 0 Å². The number of hydrogen-bond acceptors (Lipinski definition) is 5. The Morgan fingerprint density at radius 3 is 2.64 bits per heavy atom. The fraction of sp³-hybridized carbons (Fsp3) is 0.263. The Bertz CT molecular complexity index is 845. The summed E-state index contributed by atoms with van der Waals surface area (Å²) >= 11 is 0. The quantitative estimate of drug-likeness (QED) is 0.663. The molecule has 128 valence electrons. The second-order valence-corrected chi connectivity index (χ2v) is 5.39. The van der Waals surface area contributed by atoms with Crippen molar-refractivity contribution in [1.29, 1.82) is 0 Å². The van der Waals surface area contributed by atoms with Crippen molar-refractivity contribution in [1.82, 2.24) is 19.7 Å². The van der Waals surface area contributed by atoms with E-state index in [1.54, 1.807) is 17.2 Å². The fourth-order valence-electron chi connectivity index (χ4n) is 2.53. The molecule has 0 fully saturated rings. The van der Waals surface area contributed by atoms with Crippen LogP contribution in [0.1, 0.15) is 25.2 Å². The van der Waals surface area contributed by atoms with Crippen LogP contribution in [-0.2, 0) is 6.54 Å². The Balaban J connectivity index is 1.97. The second-order valence-electron chi connectivity index (χ2n) is 5.39. The lowest BCUT2D eigenvalue weighted by Gasteiger charge is -2.12. The van der Waals surface area contributed by atoms with Gasteiger partial charge in [-0.05, 0) is 43.2 Å². The predicted molar refractivity (Wildman–Crippen MR) is 94.5 cm³/mol. The van der Waals surface area contributed by atoms with Gasteiger partial charge in [0.05, 0.1) is 19.8 Å². The van der Waals surface area contributed by atoms with Crippen LogP contribution < -0.4 is 9.47 Å². The summed E-state index contributed by atoms with van der Waals surface area (Å²) in [6.07, 6.45) is 3.37. The van der Waals surface area contributed by atoms with E-state index in [-0.39, 0.29) is 5.82 Å².